The number of carbonyl (C=O) groups excluding carboxylic acids is 2. The molecule has 6 heteroatoms. The highest BCUT2D eigenvalue weighted by atomic mass is 19.1. The third kappa shape index (κ3) is 3.88. The fraction of sp³-hybridized carbons (Fsp3) is 0.125. The predicted molar refractivity (Wildman–Crippen MR) is 78.0 cm³/mol. The van der Waals surface area contributed by atoms with Crippen LogP contribution in [0.5, 0.6) is 0 Å². The van der Waals surface area contributed by atoms with Gasteiger partial charge < -0.3 is 10.6 Å². The van der Waals surface area contributed by atoms with Crippen molar-refractivity contribution in [1.29, 1.82) is 0 Å². The number of hydrogen-bond acceptors (Lipinski definition) is 2. The van der Waals surface area contributed by atoms with Crippen molar-refractivity contribution in [2.75, 3.05) is 5.32 Å². The van der Waals surface area contributed by atoms with Gasteiger partial charge in [-0.1, -0.05) is 24.3 Å². The molecule has 114 valence electrons. The maximum atomic E-state index is 13.4. The minimum Gasteiger partial charge on any atom is -0.341 e. The minimum absolute atomic E-state index is 0.0721. The second-order valence-electron chi connectivity index (χ2n) is 4.68. The molecule has 0 unspecified atom stereocenters. The molecule has 2 aromatic carbocycles. The van der Waals surface area contributed by atoms with Crippen LogP contribution in [0.25, 0.3) is 0 Å². The normalized spacial score (nSPS) is 11.6. The van der Waals surface area contributed by atoms with Crippen LogP contribution in [-0.2, 0) is 9.59 Å². The van der Waals surface area contributed by atoms with E-state index in [1.54, 1.807) is 6.92 Å². The van der Waals surface area contributed by atoms with Crippen molar-refractivity contribution >= 4 is 17.5 Å². The van der Waals surface area contributed by atoms with Gasteiger partial charge in [-0.05, 0) is 36.8 Å². The van der Waals surface area contributed by atoms with Gasteiger partial charge in [0.1, 0.15) is 11.6 Å². The van der Waals surface area contributed by atoms with Crippen LogP contribution in [-0.4, -0.2) is 11.8 Å². The molecule has 2 rings (SSSR count). The first-order valence-electron chi connectivity index (χ1n) is 6.59. The molecule has 0 aromatic heterocycles. The van der Waals surface area contributed by atoms with Gasteiger partial charge in [-0.3, -0.25) is 9.59 Å². The number of para-hydroxylation sites is 1. The lowest BCUT2D eigenvalue weighted by molar-refractivity contribution is -0.136. The third-order valence-corrected chi connectivity index (χ3v) is 3.05. The van der Waals surface area contributed by atoms with E-state index in [2.05, 4.69) is 10.6 Å². The molecule has 0 radical (unpaired) electrons. The second kappa shape index (κ2) is 6.80. The maximum Gasteiger partial charge on any atom is 0.313 e. The number of anilines is 1. The van der Waals surface area contributed by atoms with E-state index in [9.17, 15) is 18.4 Å². The van der Waals surface area contributed by atoms with Crippen LogP contribution in [0, 0.1) is 11.6 Å². The average Bonchev–Trinajstić information content (AvgIpc) is 2.50. The Morgan fingerprint density at radius 1 is 0.955 bits per heavy atom. The number of amides is 2. The molecule has 1 atom stereocenters. The summed E-state index contributed by atoms with van der Waals surface area (Å²) in [5, 5.41) is 4.65. The summed E-state index contributed by atoms with van der Waals surface area (Å²) >= 11 is 0. The van der Waals surface area contributed by atoms with E-state index in [0.29, 0.717) is 5.56 Å². The summed E-state index contributed by atoms with van der Waals surface area (Å²) in [4.78, 5) is 23.5. The Morgan fingerprint density at radius 2 is 1.59 bits per heavy atom. The van der Waals surface area contributed by atoms with E-state index in [-0.39, 0.29) is 11.5 Å². The molecule has 0 heterocycles. The van der Waals surface area contributed by atoms with Crippen molar-refractivity contribution in [2.45, 2.75) is 13.0 Å². The smallest absolute Gasteiger partial charge is 0.313 e. The largest absolute Gasteiger partial charge is 0.341 e. The van der Waals surface area contributed by atoms with Gasteiger partial charge in [-0.25, -0.2) is 8.78 Å². The Bertz CT molecular complexity index is 687. The van der Waals surface area contributed by atoms with Crippen molar-refractivity contribution in [3.63, 3.8) is 0 Å². The first-order chi connectivity index (χ1) is 10.5. The molecule has 0 saturated carbocycles. The van der Waals surface area contributed by atoms with Gasteiger partial charge in [0, 0.05) is 0 Å². The molecule has 0 saturated heterocycles. The maximum absolute atomic E-state index is 13.4. The zero-order valence-electron chi connectivity index (χ0n) is 11.8. The highest BCUT2D eigenvalue weighted by Gasteiger charge is 2.18. The summed E-state index contributed by atoms with van der Waals surface area (Å²) < 4.78 is 26.2. The molecule has 0 aliphatic rings. The molecular weight excluding hydrogens is 290 g/mol. The van der Waals surface area contributed by atoms with Gasteiger partial charge >= 0.3 is 11.8 Å². The molecule has 22 heavy (non-hydrogen) atoms. The molecule has 0 aliphatic carbocycles. The van der Waals surface area contributed by atoms with E-state index >= 15 is 0 Å². The second-order valence-corrected chi connectivity index (χ2v) is 4.68. The van der Waals surface area contributed by atoms with E-state index in [1.807, 2.05) is 0 Å². The average molecular weight is 304 g/mol. The van der Waals surface area contributed by atoms with Crippen molar-refractivity contribution in [1.82, 2.24) is 5.32 Å². The summed E-state index contributed by atoms with van der Waals surface area (Å²) in [7, 11) is 0. The number of carbonyl (C=O) groups is 2. The van der Waals surface area contributed by atoms with E-state index in [1.165, 1.54) is 48.5 Å². The molecular formula is C16H14F2N2O2. The summed E-state index contributed by atoms with van der Waals surface area (Å²) in [6, 6.07) is 10.6. The van der Waals surface area contributed by atoms with Crippen LogP contribution in [0.3, 0.4) is 0 Å². The van der Waals surface area contributed by atoms with E-state index in [0.717, 1.165) is 0 Å². The molecule has 0 spiro atoms. The number of rotatable bonds is 3. The summed E-state index contributed by atoms with van der Waals surface area (Å²) in [5.41, 5.74) is 0.575. The number of halogens is 2. The highest BCUT2D eigenvalue weighted by Crippen LogP contribution is 2.14. The summed E-state index contributed by atoms with van der Waals surface area (Å²) in [6.45, 7) is 1.65. The van der Waals surface area contributed by atoms with Gasteiger partial charge in [0.25, 0.3) is 0 Å². The minimum atomic E-state index is -0.973. The molecule has 0 bridgehead atoms. The van der Waals surface area contributed by atoms with Crippen LogP contribution in [0.15, 0.2) is 48.5 Å². The molecule has 0 fully saturated rings. The monoisotopic (exact) mass is 304 g/mol. The van der Waals surface area contributed by atoms with Crippen LogP contribution in [0.4, 0.5) is 14.5 Å². The van der Waals surface area contributed by atoms with Crippen LogP contribution >= 0.6 is 0 Å². The number of nitrogens with one attached hydrogen (secondary N) is 2. The Balaban J connectivity index is 1.98. The molecule has 0 aliphatic heterocycles. The van der Waals surface area contributed by atoms with E-state index < -0.39 is 23.7 Å². The zero-order valence-corrected chi connectivity index (χ0v) is 11.8. The quantitative estimate of drug-likeness (QED) is 0.857. The Labute approximate surface area is 126 Å². The number of hydrogen-bond donors (Lipinski definition) is 2. The van der Waals surface area contributed by atoms with Crippen LogP contribution in [0.1, 0.15) is 18.5 Å². The Hall–Kier alpha value is -2.76. The van der Waals surface area contributed by atoms with Crippen molar-refractivity contribution in [3.8, 4) is 0 Å². The van der Waals surface area contributed by atoms with Crippen LogP contribution < -0.4 is 10.6 Å². The Morgan fingerprint density at radius 3 is 2.23 bits per heavy atom. The van der Waals surface area contributed by atoms with Gasteiger partial charge in [0.15, 0.2) is 0 Å². The van der Waals surface area contributed by atoms with Gasteiger partial charge in [0.2, 0.25) is 0 Å². The summed E-state index contributed by atoms with van der Waals surface area (Å²) in [6.07, 6.45) is 0. The first kappa shape index (κ1) is 15.6. The lowest BCUT2D eigenvalue weighted by atomic mass is 10.1. The first-order valence-corrected chi connectivity index (χ1v) is 6.59. The predicted octanol–water partition coefficient (Wildman–Crippen LogP) is 2.78. The zero-order chi connectivity index (χ0) is 16.1. The topological polar surface area (TPSA) is 58.2 Å². The van der Waals surface area contributed by atoms with Gasteiger partial charge in [-0.2, -0.15) is 0 Å². The van der Waals surface area contributed by atoms with Crippen LogP contribution in [0.2, 0.25) is 0 Å². The van der Waals surface area contributed by atoms with Crippen molar-refractivity contribution in [2.24, 2.45) is 0 Å². The van der Waals surface area contributed by atoms with Gasteiger partial charge in [0.05, 0.1) is 11.7 Å². The SMILES string of the molecule is C[C@H](NC(=O)C(=O)Nc1ccccc1F)c1ccc(F)cc1. The fourth-order valence-corrected chi connectivity index (χ4v) is 1.84. The fourth-order valence-electron chi connectivity index (χ4n) is 1.84. The molecule has 2 aromatic rings. The number of benzene rings is 2. The molecule has 4 nitrogen and oxygen atoms in total. The van der Waals surface area contributed by atoms with E-state index in [4.69, 9.17) is 0 Å². The molecule has 2 N–H and O–H groups in total. The Kier molecular flexibility index (Phi) is 4.83. The molecule has 2 amide bonds. The lowest BCUT2D eigenvalue weighted by Gasteiger charge is -2.14. The summed E-state index contributed by atoms with van der Waals surface area (Å²) in [5.74, 6) is -2.89. The third-order valence-electron chi connectivity index (χ3n) is 3.05. The van der Waals surface area contributed by atoms with Gasteiger partial charge in [-0.15, -0.1) is 0 Å². The standard InChI is InChI=1S/C16H14F2N2O2/c1-10(11-6-8-12(17)9-7-11)19-15(21)16(22)20-14-5-3-2-4-13(14)18/h2-10H,1H3,(H,19,21)(H,20,22)/t10-/m0/s1. The highest BCUT2D eigenvalue weighted by molar-refractivity contribution is 6.39. The van der Waals surface area contributed by atoms with Crippen molar-refractivity contribution < 1.29 is 18.4 Å². The lowest BCUT2D eigenvalue weighted by Crippen LogP contribution is -2.37. The van der Waals surface area contributed by atoms with Crippen molar-refractivity contribution in [3.05, 3.63) is 65.7 Å².